The number of likely N-dealkylation sites (N-methyl/N-ethyl adjacent to an activating group) is 1. The Bertz CT molecular complexity index is 1170. The molecule has 4 rings (SSSR count). The molecule has 1 fully saturated rings. The number of anilines is 1. The highest BCUT2D eigenvalue weighted by Crippen LogP contribution is 2.41. The van der Waals surface area contributed by atoms with Gasteiger partial charge in [-0.15, -0.1) is 0 Å². The first-order valence-electron chi connectivity index (χ1n) is 9.99. The minimum absolute atomic E-state index is 0.135. The van der Waals surface area contributed by atoms with E-state index in [1.807, 2.05) is 11.9 Å². The summed E-state index contributed by atoms with van der Waals surface area (Å²) in [4.78, 5) is 39.5. The maximum Gasteiger partial charge on any atom is 0.491 e. The molecule has 2 amide bonds. The molecule has 180 valence electrons. The molecule has 2 heterocycles. The Kier molecular flexibility index (Phi) is 6.61. The molecule has 2 aliphatic heterocycles. The van der Waals surface area contributed by atoms with E-state index in [0.717, 1.165) is 11.1 Å². The number of fused-ring (bicyclic) bond motifs is 1. The number of halogens is 5. The van der Waals surface area contributed by atoms with Gasteiger partial charge < -0.3 is 14.4 Å². The molecular weight excluding hydrogens is 500 g/mol. The van der Waals surface area contributed by atoms with Crippen molar-refractivity contribution in [2.75, 3.05) is 25.1 Å². The number of benzene rings is 2. The Labute approximate surface area is 201 Å². The second kappa shape index (κ2) is 9.18. The molecule has 7 nitrogen and oxygen atoms in total. The lowest BCUT2D eigenvalue weighted by Crippen LogP contribution is -2.54. The minimum atomic E-state index is -5.33. The van der Waals surface area contributed by atoms with Crippen LogP contribution in [0.1, 0.15) is 22.6 Å². The summed E-state index contributed by atoms with van der Waals surface area (Å²) >= 11 is 12.7. The van der Waals surface area contributed by atoms with E-state index in [0.29, 0.717) is 33.6 Å². The zero-order chi connectivity index (χ0) is 24.8. The van der Waals surface area contributed by atoms with Crippen LogP contribution in [0.5, 0.6) is 0 Å². The van der Waals surface area contributed by atoms with Gasteiger partial charge in [0.1, 0.15) is 6.61 Å². The number of rotatable bonds is 3. The summed E-state index contributed by atoms with van der Waals surface area (Å²) < 4.78 is 46.9. The lowest BCUT2D eigenvalue weighted by atomic mass is 9.83. The number of morpholine rings is 1. The van der Waals surface area contributed by atoms with Crippen LogP contribution in [0.2, 0.25) is 10.0 Å². The number of hydrogen-bond acceptors (Lipinski definition) is 6. The molecule has 0 saturated carbocycles. The largest absolute Gasteiger partial charge is 0.491 e. The molecule has 2 aromatic carbocycles. The molecule has 0 N–H and O–H groups in total. The fraction of sp³-hybridized carbons (Fsp3) is 0.318. The van der Waals surface area contributed by atoms with Crippen LogP contribution >= 0.6 is 23.2 Å². The quantitative estimate of drug-likeness (QED) is 0.455. The van der Waals surface area contributed by atoms with Crippen molar-refractivity contribution in [3.8, 4) is 0 Å². The summed E-state index contributed by atoms with van der Waals surface area (Å²) in [7, 11) is 1.88. The number of amides is 2. The molecule has 0 aliphatic carbocycles. The number of nitrogens with zero attached hydrogens (tertiary/aromatic N) is 2. The van der Waals surface area contributed by atoms with Crippen LogP contribution in [0.25, 0.3) is 0 Å². The Hall–Kier alpha value is -2.66. The van der Waals surface area contributed by atoms with E-state index >= 15 is 0 Å². The zero-order valence-corrected chi connectivity index (χ0v) is 19.1. The third kappa shape index (κ3) is 4.63. The molecular formula is C22H17Cl2F3N2O5. The number of alkyl halides is 3. The normalized spacial score (nSPS) is 21.4. The molecule has 0 spiro atoms. The van der Waals surface area contributed by atoms with E-state index in [-0.39, 0.29) is 11.6 Å². The number of carbonyl (C=O) groups is 3. The molecule has 1 unspecified atom stereocenters. The Morgan fingerprint density at radius 3 is 2.56 bits per heavy atom. The molecule has 0 radical (unpaired) electrons. The first-order chi connectivity index (χ1) is 16.0. The molecule has 0 aromatic heterocycles. The van der Waals surface area contributed by atoms with E-state index < -0.39 is 36.9 Å². The number of hydrogen-bond donors (Lipinski definition) is 0. The van der Waals surface area contributed by atoms with Crippen LogP contribution in [0.15, 0.2) is 36.4 Å². The van der Waals surface area contributed by atoms with Gasteiger partial charge in [-0.3, -0.25) is 9.59 Å². The predicted molar refractivity (Wildman–Crippen MR) is 115 cm³/mol. The van der Waals surface area contributed by atoms with Crippen LogP contribution < -0.4 is 4.90 Å². The van der Waals surface area contributed by atoms with Crippen molar-refractivity contribution in [3.63, 3.8) is 0 Å². The summed E-state index contributed by atoms with van der Waals surface area (Å²) in [6.45, 7) is 0.281. The Morgan fingerprint density at radius 2 is 1.85 bits per heavy atom. The monoisotopic (exact) mass is 516 g/mol. The minimum Gasteiger partial charge on any atom is -0.419 e. The Morgan fingerprint density at radius 1 is 1.15 bits per heavy atom. The smallest absolute Gasteiger partial charge is 0.419 e. The third-order valence-corrected chi connectivity index (χ3v) is 6.08. The van der Waals surface area contributed by atoms with Gasteiger partial charge in [0.15, 0.2) is 0 Å². The summed E-state index contributed by atoms with van der Waals surface area (Å²) in [5.74, 6) is -5.03. The lowest BCUT2D eigenvalue weighted by Gasteiger charge is -2.36. The first kappa shape index (κ1) is 24.5. The fourth-order valence-corrected chi connectivity index (χ4v) is 4.68. The lowest BCUT2D eigenvalue weighted by molar-refractivity contribution is -0.226. The zero-order valence-electron chi connectivity index (χ0n) is 17.6. The van der Waals surface area contributed by atoms with Gasteiger partial charge >= 0.3 is 18.1 Å². The van der Waals surface area contributed by atoms with Gasteiger partial charge in [-0.1, -0.05) is 41.4 Å². The number of esters is 1. The third-order valence-electron chi connectivity index (χ3n) is 5.52. The summed E-state index contributed by atoms with van der Waals surface area (Å²) in [6.07, 6.45) is -7.55. The highest BCUT2D eigenvalue weighted by Gasteiger charge is 2.47. The van der Waals surface area contributed by atoms with Gasteiger partial charge in [0.2, 0.25) is 0 Å². The summed E-state index contributed by atoms with van der Waals surface area (Å²) in [6, 6.07) is 9.84. The van der Waals surface area contributed by atoms with Crippen LogP contribution in [0.3, 0.4) is 0 Å². The van der Waals surface area contributed by atoms with E-state index in [1.54, 1.807) is 30.3 Å². The van der Waals surface area contributed by atoms with Gasteiger partial charge in [-0.05, 0) is 41.9 Å². The summed E-state index contributed by atoms with van der Waals surface area (Å²) in [5, 5.41) is 0.877. The molecule has 12 heteroatoms. The standard InChI is InChI=1S/C22H17Cl2F3N2O5/c1-28-8-14(13-6-11(23)7-16(24)15(13)9-28)12-4-2-3-5-17(12)29-18(30)10-33-20(19(29)31)34-21(32)22(25,26)27/h2-7,14,20H,8-10H2,1H3/t14-,20?/m0/s1. The SMILES string of the molecule is CN1Cc2c(Cl)cc(Cl)cc2[C@H](c2ccccc2N2C(=O)COC(OC(=O)C(F)(F)F)C2=O)C1. The van der Waals surface area contributed by atoms with E-state index in [4.69, 9.17) is 27.9 Å². The highest BCUT2D eigenvalue weighted by atomic mass is 35.5. The molecule has 0 bridgehead atoms. The van der Waals surface area contributed by atoms with Crippen molar-refractivity contribution in [1.29, 1.82) is 0 Å². The first-order valence-corrected chi connectivity index (χ1v) is 10.7. The molecule has 2 aromatic rings. The number of imide groups is 1. The van der Waals surface area contributed by atoms with E-state index in [9.17, 15) is 27.6 Å². The van der Waals surface area contributed by atoms with Crippen molar-refractivity contribution in [1.82, 2.24) is 4.90 Å². The topological polar surface area (TPSA) is 76.2 Å². The second-order valence-corrected chi connectivity index (χ2v) is 8.72. The van der Waals surface area contributed by atoms with Crippen molar-refractivity contribution in [2.45, 2.75) is 24.9 Å². The van der Waals surface area contributed by atoms with Crippen molar-refractivity contribution >= 4 is 46.7 Å². The van der Waals surface area contributed by atoms with Crippen LogP contribution in [-0.4, -0.2) is 55.3 Å². The van der Waals surface area contributed by atoms with Crippen molar-refractivity contribution < 1.29 is 37.0 Å². The summed E-state index contributed by atoms with van der Waals surface area (Å²) in [5.41, 5.74) is 2.31. The average molecular weight is 517 g/mol. The maximum absolute atomic E-state index is 12.9. The molecule has 34 heavy (non-hydrogen) atoms. The van der Waals surface area contributed by atoms with Crippen molar-refractivity contribution in [2.24, 2.45) is 0 Å². The highest BCUT2D eigenvalue weighted by molar-refractivity contribution is 6.35. The van der Waals surface area contributed by atoms with Gasteiger partial charge in [0.05, 0.1) is 5.69 Å². The average Bonchev–Trinajstić information content (AvgIpc) is 2.75. The number of para-hydroxylation sites is 1. The van der Waals surface area contributed by atoms with Crippen molar-refractivity contribution in [3.05, 3.63) is 63.1 Å². The number of carbonyl (C=O) groups excluding carboxylic acids is 3. The van der Waals surface area contributed by atoms with Crippen LogP contribution in [0, 0.1) is 0 Å². The fourth-order valence-electron chi connectivity index (χ4n) is 4.11. The van der Waals surface area contributed by atoms with E-state index in [2.05, 4.69) is 4.74 Å². The van der Waals surface area contributed by atoms with Gasteiger partial charge in [0, 0.05) is 29.1 Å². The number of ether oxygens (including phenoxy) is 2. The van der Waals surface area contributed by atoms with Gasteiger partial charge in [-0.25, -0.2) is 9.69 Å². The predicted octanol–water partition coefficient (Wildman–Crippen LogP) is 3.89. The molecule has 2 atom stereocenters. The Balaban J connectivity index is 1.75. The van der Waals surface area contributed by atoms with Gasteiger partial charge in [-0.2, -0.15) is 13.2 Å². The van der Waals surface area contributed by atoms with Gasteiger partial charge in [0.25, 0.3) is 12.2 Å². The van der Waals surface area contributed by atoms with Crippen LogP contribution in [0.4, 0.5) is 18.9 Å². The molecule has 2 aliphatic rings. The second-order valence-electron chi connectivity index (χ2n) is 7.88. The molecule has 1 saturated heterocycles. The maximum atomic E-state index is 12.9. The van der Waals surface area contributed by atoms with Crippen LogP contribution in [-0.2, 0) is 30.4 Å². The van der Waals surface area contributed by atoms with E-state index in [1.165, 1.54) is 6.07 Å².